The van der Waals surface area contributed by atoms with Gasteiger partial charge in [-0.2, -0.15) is 25.2 Å². The van der Waals surface area contributed by atoms with E-state index >= 15 is 0 Å². The second kappa shape index (κ2) is 7.35. The van der Waals surface area contributed by atoms with Crippen LogP contribution in [-0.4, -0.2) is 52.4 Å². The average Bonchev–Trinajstić information content (AvgIpc) is 3.45. The first kappa shape index (κ1) is 18.0. The molecule has 4 aromatic heterocycles. The maximum absolute atomic E-state index is 11.4. The zero-order valence-electron chi connectivity index (χ0n) is 15.7. The number of amides is 1. The predicted molar refractivity (Wildman–Crippen MR) is 105 cm³/mol. The van der Waals surface area contributed by atoms with Crippen LogP contribution in [0.5, 0.6) is 0 Å². The summed E-state index contributed by atoms with van der Waals surface area (Å²) in [5.41, 5.74) is 4.58. The molecule has 1 amide bonds. The van der Waals surface area contributed by atoms with Crippen molar-refractivity contribution >= 4 is 34.3 Å². The van der Waals surface area contributed by atoms with Gasteiger partial charge in [-0.05, 0) is 13.0 Å². The average molecular weight is 397 g/mol. The van der Waals surface area contributed by atoms with Crippen LogP contribution in [0, 0.1) is 6.92 Å². The first-order chi connectivity index (χ1) is 13.5. The summed E-state index contributed by atoms with van der Waals surface area (Å²) in [5, 5.41) is 21.8. The van der Waals surface area contributed by atoms with E-state index in [1.54, 1.807) is 37.0 Å². The number of hydrazone groups is 1. The van der Waals surface area contributed by atoms with Gasteiger partial charge in [0.05, 0.1) is 23.7 Å². The van der Waals surface area contributed by atoms with Crippen LogP contribution in [0.25, 0.3) is 10.3 Å². The van der Waals surface area contributed by atoms with E-state index < -0.39 is 0 Å². The lowest BCUT2D eigenvalue weighted by Crippen LogP contribution is -2.15. The third-order valence-electron chi connectivity index (χ3n) is 4.44. The molecule has 4 aromatic rings. The van der Waals surface area contributed by atoms with E-state index in [4.69, 9.17) is 4.98 Å². The molecule has 144 valence electrons. The van der Waals surface area contributed by atoms with Crippen molar-refractivity contribution in [2.24, 2.45) is 19.2 Å². The number of hydrogen-bond acceptors (Lipinski definition) is 7. The van der Waals surface area contributed by atoms with Crippen LogP contribution >= 0.6 is 11.3 Å². The van der Waals surface area contributed by atoms with E-state index in [0.717, 1.165) is 32.3 Å². The number of aromatic nitrogens is 7. The van der Waals surface area contributed by atoms with Crippen LogP contribution in [0.3, 0.4) is 0 Å². The van der Waals surface area contributed by atoms with E-state index in [9.17, 15) is 4.79 Å². The molecule has 0 bridgehead atoms. The van der Waals surface area contributed by atoms with Crippen molar-refractivity contribution < 1.29 is 4.79 Å². The molecule has 0 radical (unpaired) electrons. The summed E-state index contributed by atoms with van der Waals surface area (Å²) in [6.45, 7) is 2.27. The topological polar surface area (TPSA) is 110 Å². The lowest BCUT2D eigenvalue weighted by molar-refractivity contribution is -0.118. The molecule has 0 saturated carbocycles. The zero-order chi connectivity index (χ0) is 19.7. The van der Waals surface area contributed by atoms with Crippen molar-refractivity contribution in [2.45, 2.75) is 19.9 Å². The molecule has 28 heavy (non-hydrogen) atoms. The van der Waals surface area contributed by atoms with Gasteiger partial charge in [0.1, 0.15) is 10.7 Å². The molecule has 1 N–H and O–H groups in total. The Balaban J connectivity index is 1.61. The van der Waals surface area contributed by atoms with Crippen LogP contribution < -0.4 is 0 Å². The van der Waals surface area contributed by atoms with Gasteiger partial charge in [-0.3, -0.25) is 9.89 Å². The first-order valence-electron chi connectivity index (χ1n) is 8.59. The number of nitrogens with one attached hydrogen (secondary N) is 1. The number of thiazole rings is 1. The SMILES string of the molecule is Cc1c(/C=N\N(C=O)Cc2cnn(C)n2)c2sc(Cc3ccn[nH]3)nc2n1C. The smallest absolute Gasteiger partial charge is 0.230 e. The van der Waals surface area contributed by atoms with Crippen molar-refractivity contribution in [3.63, 3.8) is 0 Å². The molecule has 10 nitrogen and oxygen atoms in total. The van der Waals surface area contributed by atoms with Crippen molar-refractivity contribution in [1.29, 1.82) is 0 Å². The number of aryl methyl sites for hydroxylation is 2. The molecule has 0 aliphatic rings. The summed E-state index contributed by atoms with van der Waals surface area (Å²) >= 11 is 1.62. The maximum atomic E-state index is 11.4. The van der Waals surface area contributed by atoms with Gasteiger partial charge in [-0.25, -0.2) is 9.99 Å². The standard InChI is InChI=1S/C17H19N9OS/c1-11-14(8-20-26(10-27)9-13-7-19-25(3)23-13)16-17(24(11)2)21-15(28-16)6-12-4-5-18-22-12/h4-5,7-8,10H,6,9H2,1-3H3,(H,18,22)/b20-8-. The number of carbonyl (C=O) groups excluding carboxylic acids is 1. The third-order valence-corrected chi connectivity index (χ3v) is 5.51. The van der Waals surface area contributed by atoms with E-state index in [2.05, 4.69) is 25.5 Å². The highest BCUT2D eigenvalue weighted by atomic mass is 32.1. The summed E-state index contributed by atoms with van der Waals surface area (Å²) < 4.78 is 3.08. The van der Waals surface area contributed by atoms with Gasteiger partial charge in [0.15, 0.2) is 5.65 Å². The fraction of sp³-hybridized carbons (Fsp3) is 0.294. The minimum atomic E-state index is 0.261. The largest absolute Gasteiger partial charge is 0.332 e. The van der Waals surface area contributed by atoms with Crippen LogP contribution in [0.1, 0.15) is 27.7 Å². The molecule has 0 saturated heterocycles. The summed E-state index contributed by atoms with van der Waals surface area (Å²) in [6.07, 6.45) is 6.43. The number of fused-ring (bicyclic) bond motifs is 1. The molecule has 0 spiro atoms. The van der Waals surface area contributed by atoms with Crippen molar-refractivity contribution in [2.75, 3.05) is 0 Å². The molecule has 4 heterocycles. The summed E-state index contributed by atoms with van der Waals surface area (Å²) in [7, 11) is 3.71. The molecule has 0 unspecified atom stereocenters. The number of rotatable bonds is 7. The highest BCUT2D eigenvalue weighted by Gasteiger charge is 2.17. The van der Waals surface area contributed by atoms with Crippen LogP contribution in [0.4, 0.5) is 0 Å². The molecule has 0 atom stereocenters. The minimum absolute atomic E-state index is 0.261. The van der Waals surface area contributed by atoms with Gasteiger partial charge in [0.2, 0.25) is 6.41 Å². The second-order valence-corrected chi connectivity index (χ2v) is 7.43. The second-order valence-electron chi connectivity index (χ2n) is 6.35. The van der Waals surface area contributed by atoms with Gasteiger partial charge < -0.3 is 4.57 Å². The molecule has 4 rings (SSSR count). The lowest BCUT2D eigenvalue weighted by atomic mass is 10.3. The number of hydrogen-bond donors (Lipinski definition) is 1. The predicted octanol–water partition coefficient (Wildman–Crippen LogP) is 1.38. The molecule has 0 aromatic carbocycles. The van der Waals surface area contributed by atoms with Crippen molar-refractivity contribution in [3.8, 4) is 0 Å². The Morgan fingerprint density at radius 3 is 2.93 bits per heavy atom. The number of nitrogens with zero attached hydrogens (tertiary/aromatic N) is 8. The molecule has 0 aliphatic carbocycles. The highest BCUT2D eigenvalue weighted by Crippen LogP contribution is 2.30. The molecule has 0 aliphatic heterocycles. The summed E-state index contributed by atoms with van der Waals surface area (Å²) in [5.74, 6) is 0. The number of aromatic amines is 1. The Morgan fingerprint density at radius 1 is 1.39 bits per heavy atom. The minimum Gasteiger partial charge on any atom is -0.332 e. The van der Waals surface area contributed by atoms with Gasteiger partial charge in [-0.15, -0.1) is 11.3 Å². The quantitative estimate of drug-likeness (QED) is 0.288. The maximum Gasteiger partial charge on any atom is 0.230 e. The summed E-state index contributed by atoms with van der Waals surface area (Å²) in [4.78, 5) is 17.6. The van der Waals surface area contributed by atoms with E-state index in [1.807, 2.05) is 24.6 Å². The Hall–Kier alpha value is -3.34. The first-order valence-corrected chi connectivity index (χ1v) is 9.41. The van der Waals surface area contributed by atoms with Crippen LogP contribution in [-0.2, 0) is 31.9 Å². The Labute approximate surface area is 164 Å². The van der Waals surface area contributed by atoms with E-state index in [-0.39, 0.29) is 6.54 Å². The van der Waals surface area contributed by atoms with E-state index in [1.165, 1.54) is 9.81 Å². The van der Waals surface area contributed by atoms with Crippen LogP contribution in [0.2, 0.25) is 0 Å². The van der Waals surface area contributed by atoms with Crippen molar-refractivity contribution in [1.82, 2.24) is 39.8 Å². The van der Waals surface area contributed by atoms with Crippen LogP contribution in [0.15, 0.2) is 23.6 Å². The number of H-pyrrole nitrogens is 1. The molecular weight excluding hydrogens is 378 g/mol. The lowest BCUT2D eigenvalue weighted by Gasteiger charge is -2.08. The third kappa shape index (κ3) is 3.43. The fourth-order valence-corrected chi connectivity index (χ4v) is 4.08. The molecule has 11 heteroatoms. The van der Waals surface area contributed by atoms with Gasteiger partial charge >= 0.3 is 0 Å². The summed E-state index contributed by atoms with van der Waals surface area (Å²) in [6, 6.07) is 1.94. The monoisotopic (exact) mass is 397 g/mol. The highest BCUT2D eigenvalue weighted by molar-refractivity contribution is 7.19. The normalized spacial score (nSPS) is 11.7. The van der Waals surface area contributed by atoms with Crippen molar-refractivity contribution in [3.05, 3.63) is 46.1 Å². The van der Waals surface area contributed by atoms with Gasteiger partial charge in [-0.1, -0.05) is 0 Å². The molecule has 0 fully saturated rings. The Kier molecular flexibility index (Phi) is 4.74. The van der Waals surface area contributed by atoms with Gasteiger partial charge in [0.25, 0.3) is 0 Å². The zero-order valence-corrected chi connectivity index (χ0v) is 16.5. The Bertz CT molecular complexity index is 1140. The Morgan fingerprint density at radius 2 is 2.25 bits per heavy atom. The fourth-order valence-electron chi connectivity index (χ4n) is 2.90. The molecular formula is C17H19N9OS. The van der Waals surface area contributed by atoms with E-state index in [0.29, 0.717) is 18.5 Å². The van der Waals surface area contributed by atoms with Gasteiger partial charge in [0, 0.05) is 43.7 Å². The number of carbonyl (C=O) groups is 1.